The monoisotopic (exact) mass is 224 g/mol. The molecule has 2 unspecified atom stereocenters. The summed E-state index contributed by atoms with van der Waals surface area (Å²) >= 11 is 0. The lowest BCUT2D eigenvalue weighted by molar-refractivity contribution is -0.157. The Balaban J connectivity index is 2.58. The molecule has 3 nitrogen and oxygen atoms in total. The van der Waals surface area contributed by atoms with Crippen LogP contribution in [0, 0.1) is 5.92 Å². The van der Waals surface area contributed by atoms with Crippen LogP contribution in [0.1, 0.15) is 19.8 Å². The number of primary amides is 1. The maximum absolute atomic E-state index is 12.2. The summed E-state index contributed by atoms with van der Waals surface area (Å²) in [5, 5.41) is 0. The molecule has 2 N–H and O–H groups in total. The molecule has 15 heavy (non-hydrogen) atoms. The van der Waals surface area contributed by atoms with Crippen molar-refractivity contribution in [3.05, 3.63) is 0 Å². The summed E-state index contributed by atoms with van der Waals surface area (Å²) in [4.78, 5) is 12.2. The van der Waals surface area contributed by atoms with Gasteiger partial charge in [0, 0.05) is 12.6 Å². The molecule has 88 valence electrons. The van der Waals surface area contributed by atoms with E-state index in [4.69, 9.17) is 5.73 Å². The molecule has 0 spiro atoms. The van der Waals surface area contributed by atoms with E-state index in [1.165, 1.54) is 4.90 Å². The number of nitrogens with two attached hydrogens (primary N) is 1. The normalized spacial score (nSPS) is 29.1. The molecule has 0 saturated carbocycles. The quantitative estimate of drug-likeness (QED) is 0.764. The topological polar surface area (TPSA) is 46.3 Å². The van der Waals surface area contributed by atoms with E-state index >= 15 is 0 Å². The first-order chi connectivity index (χ1) is 6.79. The number of hydrogen-bond donors (Lipinski definition) is 1. The van der Waals surface area contributed by atoms with Crippen molar-refractivity contribution in [2.75, 3.05) is 13.1 Å². The third kappa shape index (κ3) is 3.70. The van der Waals surface area contributed by atoms with Gasteiger partial charge in [-0.3, -0.25) is 9.69 Å². The molecule has 1 fully saturated rings. The Morgan fingerprint density at radius 3 is 2.53 bits per heavy atom. The molecule has 1 aliphatic rings. The van der Waals surface area contributed by atoms with Crippen LogP contribution in [0.4, 0.5) is 13.2 Å². The molecular weight excluding hydrogens is 209 g/mol. The smallest absolute Gasteiger partial charge is 0.369 e. The second-order valence-electron chi connectivity index (χ2n) is 4.07. The van der Waals surface area contributed by atoms with Crippen LogP contribution in [0.2, 0.25) is 0 Å². The molecule has 1 saturated heterocycles. The van der Waals surface area contributed by atoms with Crippen LogP contribution in [0.5, 0.6) is 0 Å². The fourth-order valence-electron chi connectivity index (χ4n) is 1.86. The van der Waals surface area contributed by atoms with Crippen molar-refractivity contribution in [2.45, 2.75) is 32.0 Å². The van der Waals surface area contributed by atoms with E-state index in [-0.39, 0.29) is 12.6 Å². The van der Waals surface area contributed by atoms with Crippen LogP contribution < -0.4 is 5.73 Å². The second-order valence-corrected chi connectivity index (χ2v) is 4.07. The van der Waals surface area contributed by atoms with Gasteiger partial charge in [0.25, 0.3) is 0 Å². The summed E-state index contributed by atoms with van der Waals surface area (Å²) in [6.07, 6.45) is -3.04. The van der Waals surface area contributed by atoms with Gasteiger partial charge in [0.05, 0.1) is 12.5 Å². The molecule has 1 rings (SSSR count). The Kier molecular flexibility index (Phi) is 3.59. The van der Waals surface area contributed by atoms with E-state index in [2.05, 4.69) is 0 Å². The minimum Gasteiger partial charge on any atom is -0.369 e. The first-order valence-corrected chi connectivity index (χ1v) is 4.89. The van der Waals surface area contributed by atoms with E-state index in [1.54, 1.807) is 6.92 Å². The van der Waals surface area contributed by atoms with Gasteiger partial charge in [-0.25, -0.2) is 0 Å². The zero-order valence-corrected chi connectivity index (χ0v) is 8.55. The van der Waals surface area contributed by atoms with Gasteiger partial charge in [0.15, 0.2) is 0 Å². The predicted molar refractivity (Wildman–Crippen MR) is 49.0 cm³/mol. The molecule has 0 aromatic rings. The number of nitrogens with zero attached hydrogens (tertiary/aromatic N) is 1. The highest BCUT2D eigenvalue weighted by Gasteiger charge is 2.36. The zero-order chi connectivity index (χ0) is 11.6. The highest BCUT2D eigenvalue weighted by Crippen LogP contribution is 2.25. The molecule has 1 aliphatic heterocycles. The number of carbonyl (C=O) groups is 1. The van der Waals surface area contributed by atoms with Crippen LogP contribution in [0.25, 0.3) is 0 Å². The lowest BCUT2D eigenvalue weighted by Gasteiger charge is -2.37. The van der Waals surface area contributed by atoms with E-state index in [0.717, 1.165) is 0 Å². The maximum Gasteiger partial charge on any atom is 0.401 e. The van der Waals surface area contributed by atoms with Crippen LogP contribution >= 0.6 is 0 Å². The average Bonchev–Trinajstić information content (AvgIpc) is 2.06. The van der Waals surface area contributed by atoms with Gasteiger partial charge in [-0.2, -0.15) is 13.2 Å². The van der Waals surface area contributed by atoms with E-state index < -0.39 is 24.5 Å². The third-order valence-corrected chi connectivity index (χ3v) is 2.80. The summed E-state index contributed by atoms with van der Waals surface area (Å²) in [5.41, 5.74) is 5.09. The van der Waals surface area contributed by atoms with Crippen LogP contribution in [-0.2, 0) is 4.79 Å². The van der Waals surface area contributed by atoms with Gasteiger partial charge in [0.1, 0.15) is 0 Å². The predicted octanol–water partition coefficient (Wildman–Crippen LogP) is 1.13. The molecule has 6 heteroatoms. The van der Waals surface area contributed by atoms with Gasteiger partial charge in [0.2, 0.25) is 5.91 Å². The van der Waals surface area contributed by atoms with Crippen molar-refractivity contribution in [1.29, 1.82) is 0 Å². The third-order valence-electron chi connectivity index (χ3n) is 2.80. The first kappa shape index (κ1) is 12.3. The standard InChI is InChI=1S/C9H15F3N2O/c1-6-2-3-7(8(13)15)4-14(6)5-9(10,11)12/h6-7H,2-5H2,1H3,(H2,13,15). The van der Waals surface area contributed by atoms with Gasteiger partial charge in [-0.15, -0.1) is 0 Å². The Bertz CT molecular complexity index is 242. The Morgan fingerprint density at radius 1 is 1.47 bits per heavy atom. The number of hydrogen-bond acceptors (Lipinski definition) is 2. The Labute approximate surface area is 86.4 Å². The number of piperidine rings is 1. The molecule has 1 heterocycles. The molecular formula is C9H15F3N2O. The van der Waals surface area contributed by atoms with E-state index in [9.17, 15) is 18.0 Å². The van der Waals surface area contributed by atoms with Crippen molar-refractivity contribution in [3.8, 4) is 0 Å². The molecule has 0 aliphatic carbocycles. The highest BCUT2D eigenvalue weighted by atomic mass is 19.4. The van der Waals surface area contributed by atoms with E-state index in [1.807, 2.05) is 0 Å². The SMILES string of the molecule is CC1CCC(C(N)=O)CN1CC(F)(F)F. The number of halogens is 3. The Hall–Kier alpha value is -0.780. The Morgan fingerprint density at radius 2 is 2.07 bits per heavy atom. The van der Waals surface area contributed by atoms with Crippen molar-refractivity contribution in [3.63, 3.8) is 0 Å². The van der Waals surface area contributed by atoms with Crippen molar-refractivity contribution >= 4 is 5.91 Å². The van der Waals surface area contributed by atoms with Gasteiger partial charge in [-0.05, 0) is 19.8 Å². The number of amides is 1. The van der Waals surface area contributed by atoms with Crippen molar-refractivity contribution in [1.82, 2.24) is 4.90 Å². The van der Waals surface area contributed by atoms with E-state index in [0.29, 0.717) is 12.8 Å². The number of likely N-dealkylation sites (tertiary alicyclic amines) is 1. The number of carbonyl (C=O) groups excluding carboxylic acids is 1. The molecule has 1 amide bonds. The number of rotatable bonds is 2. The fraction of sp³-hybridized carbons (Fsp3) is 0.889. The van der Waals surface area contributed by atoms with Crippen LogP contribution in [0.3, 0.4) is 0 Å². The first-order valence-electron chi connectivity index (χ1n) is 4.89. The second kappa shape index (κ2) is 4.38. The van der Waals surface area contributed by atoms with Crippen LogP contribution in [0.15, 0.2) is 0 Å². The van der Waals surface area contributed by atoms with Gasteiger partial charge < -0.3 is 5.73 Å². The summed E-state index contributed by atoms with van der Waals surface area (Å²) in [7, 11) is 0. The fourth-order valence-corrected chi connectivity index (χ4v) is 1.86. The number of alkyl halides is 3. The minimum atomic E-state index is -4.21. The molecule has 0 aromatic carbocycles. The van der Waals surface area contributed by atoms with Gasteiger partial charge in [-0.1, -0.05) is 0 Å². The lowest BCUT2D eigenvalue weighted by Crippen LogP contribution is -2.49. The minimum absolute atomic E-state index is 0.121. The lowest BCUT2D eigenvalue weighted by atomic mass is 9.93. The molecule has 0 aromatic heterocycles. The molecule has 2 atom stereocenters. The molecule has 0 radical (unpaired) electrons. The van der Waals surface area contributed by atoms with Crippen LogP contribution in [-0.4, -0.2) is 36.1 Å². The maximum atomic E-state index is 12.2. The van der Waals surface area contributed by atoms with Crippen molar-refractivity contribution in [2.24, 2.45) is 11.7 Å². The van der Waals surface area contributed by atoms with Crippen molar-refractivity contribution < 1.29 is 18.0 Å². The largest absolute Gasteiger partial charge is 0.401 e. The molecule has 0 bridgehead atoms. The summed E-state index contributed by atoms with van der Waals surface area (Å²) in [6.45, 7) is 0.900. The average molecular weight is 224 g/mol. The zero-order valence-electron chi connectivity index (χ0n) is 8.55. The summed E-state index contributed by atoms with van der Waals surface area (Å²) < 4.78 is 36.6. The highest BCUT2D eigenvalue weighted by molar-refractivity contribution is 5.76. The summed E-state index contributed by atoms with van der Waals surface area (Å²) in [5.74, 6) is -0.947. The summed E-state index contributed by atoms with van der Waals surface area (Å²) in [6, 6.07) is -0.137. The van der Waals surface area contributed by atoms with Gasteiger partial charge >= 0.3 is 6.18 Å².